The van der Waals surface area contributed by atoms with Crippen molar-refractivity contribution in [2.24, 2.45) is 0 Å². The molecule has 72 valence electrons. The van der Waals surface area contributed by atoms with E-state index in [-0.39, 0.29) is 0 Å². The quantitative estimate of drug-likeness (QED) is 0.631. The Bertz CT molecular complexity index is 463. The van der Waals surface area contributed by atoms with E-state index >= 15 is 0 Å². The van der Waals surface area contributed by atoms with E-state index < -0.39 is 0 Å². The fourth-order valence-corrected chi connectivity index (χ4v) is 1.70. The fourth-order valence-electron chi connectivity index (χ4n) is 1.70. The van der Waals surface area contributed by atoms with Crippen LogP contribution in [0.4, 0.5) is 0 Å². The minimum absolute atomic E-state index is 0.961. The molecule has 0 saturated heterocycles. The van der Waals surface area contributed by atoms with Crippen LogP contribution in [0.2, 0.25) is 0 Å². The van der Waals surface area contributed by atoms with Gasteiger partial charge in [0.15, 0.2) is 0 Å². The lowest BCUT2D eigenvalue weighted by Gasteiger charge is -2.01. The predicted molar refractivity (Wildman–Crippen MR) is 61.5 cm³/mol. The maximum absolute atomic E-state index is 2.26. The third-order valence-electron chi connectivity index (χ3n) is 2.46. The van der Waals surface area contributed by atoms with E-state index in [1.54, 1.807) is 0 Å². The summed E-state index contributed by atoms with van der Waals surface area (Å²) in [6.07, 6.45) is 6.39. The minimum atomic E-state index is 0.961. The van der Waals surface area contributed by atoms with Crippen molar-refractivity contribution in [3.63, 3.8) is 0 Å². The van der Waals surface area contributed by atoms with Gasteiger partial charge in [-0.15, -0.1) is 0 Å². The Labute approximate surface area is 84.7 Å². The van der Waals surface area contributed by atoms with Gasteiger partial charge in [-0.25, -0.2) is 0 Å². The second kappa shape index (κ2) is 3.70. The van der Waals surface area contributed by atoms with E-state index in [0.29, 0.717) is 0 Å². The second-order valence-corrected chi connectivity index (χ2v) is 3.60. The highest BCUT2D eigenvalue weighted by atomic mass is 14.9. The van der Waals surface area contributed by atoms with Crippen molar-refractivity contribution in [3.8, 4) is 0 Å². The Morgan fingerprint density at radius 2 is 2.14 bits per heavy atom. The molecule has 0 aliphatic heterocycles. The van der Waals surface area contributed by atoms with Gasteiger partial charge in [0.25, 0.3) is 0 Å². The molecular weight excluding hydrogens is 170 g/mol. The number of rotatable bonds is 2. The van der Waals surface area contributed by atoms with Crippen LogP contribution in [0.25, 0.3) is 10.9 Å². The Morgan fingerprint density at radius 3 is 2.93 bits per heavy atom. The van der Waals surface area contributed by atoms with Gasteiger partial charge in [0.2, 0.25) is 0 Å². The van der Waals surface area contributed by atoms with E-state index in [2.05, 4.69) is 61.0 Å². The average Bonchev–Trinajstić information content (AvgIpc) is 2.57. The van der Waals surface area contributed by atoms with E-state index in [1.165, 1.54) is 16.5 Å². The lowest BCUT2D eigenvalue weighted by atomic mass is 10.2. The van der Waals surface area contributed by atoms with E-state index in [4.69, 9.17) is 0 Å². The van der Waals surface area contributed by atoms with Crippen LogP contribution in [0.1, 0.15) is 12.5 Å². The Hall–Kier alpha value is -1.50. The molecule has 2 aromatic rings. The molecule has 0 N–H and O–H groups in total. The van der Waals surface area contributed by atoms with Crippen molar-refractivity contribution < 1.29 is 0 Å². The van der Waals surface area contributed by atoms with Gasteiger partial charge < -0.3 is 4.57 Å². The van der Waals surface area contributed by atoms with Gasteiger partial charge in [-0.1, -0.05) is 23.8 Å². The van der Waals surface area contributed by atoms with Crippen molar-refractivity contribution in [1.29, 1.82) is 0 Å². The first-order valence-corrected chi connectivity index (χ1v) is 4.98. The van der Waals surface area contributed by atoms with Gasteiger partial charge in [-0.05, 0) is 37.4 Å². The average molecular weight is 185 g/mol. The second-order valence-electron chi connectivity index (χ2n) is 3.60. The van der Waals surface area contributed by atoms with Crippen molar-refractivity contribution in [3.05, 3.63) is 48.2 Å². The number of aryl methyl sites for hydroxylation is 1. The largest absolute Gasteiger partial charge is 0.344 e. The van der Waals surface area contributed by atoms with Crippen molar-refractivity contribution in [2.75, 3.05) is 0 Å². The summed E-state index contributed by atoms with van der Waals surface area (Å²) in [5, 5.41) is 1.33. The monoisotopic (exact) mass is 185 g/mol. The van der Waals surface area contributed by atoms with Gasteiger partial charge in [0.1, 0.15) is 0 Å². The topological polar surface area (TPSA) is 4.93 Å². The minimum Gasteiger partial charge on any atom is -0.344 e. The highest BCUT2D eigenvalue weighted by Crippen LogP contribution is 2.17. The zero-order chi connectivity index (χ0) is 9.97. The van der Waals surface area contributed by atoms with Crippen LogP contribution in [0.15, 0.2) is 42.6 Å². The molecule has 0 spiro atoms. The molecule has 0 fully saturated rings. The SMILES string of the molecule is C/C=C/Cn1ccc2cc(C)ccc21. The van der Waals surface area contributed by atoms with Gasteiger partial charge in [-0.2, -0.15) is 0 Å². The molecule has 0 radical (unpaired) electrons. The number of fused-ring (bicyclic) bond motifs is 1. The Morgan fingerprint density at radius 1 is 1.29 bits per heavy atom. The zero-order valence-corrected chi connectivity index (χ0v) is 8.70. The summed E-state index contributed by atoms with van der Waals surface area (Å²) in [4.78, 5) is 0. The van der Waals surface area contributed by atoms with E-state index in [9.17, 15) is 0 Å². The third-order valence-corrected chi connectivity index (χ3v) is 2.46. The molecule has 0 amide bonds. The summed E-state index contributed by atoms with van der Waals surface area (Å²) >= 11 is 0. The predicted octanol–water partition coefficient (Wildman–Crippen LogP) is 3.53. The number of hydrogen-bond donors (Lipinski definition) is 0. The summed E-state index contributed by atoms with van der Waals surface area (Å²) < 4.78 is 2.26. The van der Waals surface area contributed by atoms with Crippen LogP contribution in [0, 0.1) is 6.92 Å². The van der Waals surface area contributed by atoms with Crippen molar-refractivity contribution in [1.82, 2.24) is 4.57 Å². The first-order chi connectivity index (χ1) is 6.81. The summed E-state index contributed by atoms with van der Waals surface area (Å²) in [6, 6.07) is 8.75. The summed E-state index contributed by atoms with van der Waals surface area (Å²) in [6.45, 7) is 5.14. The van der Waals surface area contributed by atoms with Crippen LogP contribution in [0.3, 0.4) is 0 Å². The molecule has 2 rings (SSSR count). The van der Waals surface area contributed by atoms with Crippen LogP contribution < -0.4 is 0 Å². The van der Waals surface area contributed by atoms with Gasteiger partial charge in [0, 0.05) is 18.3 Å². The molecule has 1 heteroatoms. The number of allylic oxidation sites excluding steroid dienone is 2. The van der Waals surface area contributed by atoms with Crippen LogP contribution >= 0.6 is 0 Å². The maximum atomic E-state index is 2.26. The molecule has 14 heavy (non-hydrogen) atoms. The smallest absolute Gasteiger partial charge is 0.0483 e. The zero-order valence-electron chi connectivity index (χ0n) is 8.70. The molecule has 0 atom stereocenters. The number of aromatic nitrogens is 1. The number of hydrogen-bond acceptors (Lipinski definition) is 0. The lowest BCUT2D eigenvalue weighted by molar-refractivity contribution is 0.862. The van der Waals surface area contributed by atoms with Gasteiger partial charge in [0.05, 0.1) is 0 Å². The van der Waals surface area contributed by atoms with Crippen molar-refractivity contribution >= 4 is 10.9 Å². The molecule has 1 aromatic carbocycles. The molecule has 0 aliphatic carbocycles. The highest BCUT2D eigenvalue weighted by molar-refractivity contribution is 5.80. The summed E-state index contributed by atoms with van der Waals surface area (Å²) in [7, 11) is 0. The molecule has 0 unspecified atom stereocenters. The normalized spacial score (nSPS) is 11.6. The first-order valence-electron chi connectivity index (χ1n) is 4.98. The summed E-state index contributed by atoms with van der Waals surface area (Å²) in [5.74, 6) is 0. The van der Waals surface area contributed by atoms with E-state index in [1.807, 2.05) is 0 Å². The molecule has 1 nitrogen and oxygen atoms in total. The molecule has 0 bridgehead atoms. The fraction of sp³-hybridized carbons (Fsp3) is 0.231. The standard InChI is InChI=1S/C13H15N/c1-3-4-8-14-9-7-12-10-11(2)5-6-13(12)14/h3-7,9-10H,8H2,1-2H3/b4-3+. The molecule has 0 saturated carbocycles. The first kappa shape index (κ1) is 9.07. The lowest BCUT2D eigenvalue weighted by Crippen LogP contribution is -1.91. The molecular formula is C13H15N. The Balaban J connectivity index is 2.47. The van der Waals surface area contributed by atoms with Crippen molar-refractivity contribution in [2.45, 2.75) is 20.4 Å². The van der Waals surface area contributed by atoms with E-state index in [0.717, 1.165) is 6.54 Å². The molecule has 1 aromatic heterocycles. The molecule has 1 heterocycles. The van der Waals surface area contributed by atoms with Crippen LogP contribution in [-0.4, -0.2) is 4.57 Å². The maximum Gasteiger partial charge on any atom is 0.0483 e. The van der Waals surface area contributed by atoms with Gasteiger partial charge >= 0.3 is 0 Å². The van der Waals surface area contributed by atoms with Gasteiger partial charge in [-0.3, -0.25) is 0 Å². The summed E-state index contributed by atoms with van der Waals surface area (Å²) in [5.41, 5.74) is 2.63. The molecule has 0 aliphatic rings. The van der Waals surface area contributed by atoms with Crippen LogP contribution in [0.5, 0.6) is 0 Å². The number of benzene rings is 1. The van der Waals surface area contributed by atoms with Crippen LogP contribution in [-0.2, 0) is 6.54 Å². The Kier molecular flexibility index (Phi) is 2.40. The highest BCUT2D eigenvalue weighted by Gasteiger charge is 1.98. The third kappa shape index (κ3) is 1.58. The number of nitrogens with zero attached hydrogens (tertiary/aromatic N) is 1.